The number of likely N-dealkylation sites (tertiary alicyclic amines) is 1. The molecule has 1 spiro atoms. The van der Waals surface area contributed by atoms with Gasteiger partial charge in [0.25, 0.3) is 0 Å². The van der Waals surface area contributed by atoms with E-state index < -0.39 is 47.5 Å². The van der Waals surface area contributed by atoms with E-state index in [-0.39, 0.29) is 23.3 Å². The van der Waals surface area contributed by atoms with E-state index in [4.69, 9.17) is 4.74 Å². The van der Waals surface area contributed by atoms with Gasteiger partial charge in [0.1, 0.15) is 11.6 Å². The van der Waals surface area contributed by atoms with Gasteiger partial charge in [-0.1, -0.05) is 49.2 Å². The number of carbonyl (C=O) groups is 3. The van der Waals surface area contributed by atoms with Crippen molar-refractivity contribution in [2.75, 3.05) is 19.7 Å². The molecule has 3 fully saturated rings. The third-order valence-corrected chi connectivity index (χ3v) is 7.88. The van der Waals surface area contributed by atoms with Gasteiger partial charge in [0, 0.05) is 17.9 Å². The van der Waals surface area contributed by atoms with E-state index in [9.17, 15) is 24.6 Å². The van der Waals surface area contributed by atoms with E-state index in [2.05, 4.69) is 22.5 Å². The Morgan fingerprint density at radius 3 is 2.66 bits per heavy atom. The molecule has 0 aromatic heterocycles. The molecule has 3 unspecified atom stereocenters. The number of amides is 2. The number of alkyl halides is 1. The van der Waals surface area contributed by atoms with Crippen LogP contribution < -0.4 is 0 Å². The van der Waals surface area contributed by atoms with E-state index >= 15 is 0 Å². The minimum Gasteiger partial charge on any atom is -0.481 e. The second-order valence-electron chi connectivity index (χ2n) is 9.64. The van der Waals surface area contributed by atoms with Gasteiger partial charge in [-0.15, -0.1) is 6.58 Å². The van der Waals surface area contributed by atoms with Crippen LogP contribution in [0.25, 0.3) is 0 Å². The summed E-state index contributed by atoms with van der Waals surface area (Å²) in [6.45, 7) is 10.3. The summed E-state index contributed by atoms with van der Waals surface area (Å²) in [5.41, 5.74) is -1.22. The van der Waals surface area contributed by atoms with E-state index in [0.717, 1.165) is 12.8 Å². The molecule has 3 aliphatic heterocycles. The zero-order valence-corrected chi connectivity index (χ0v) is 20.7. The molecular weight excluding hydrogens is 480 g/mol. The predicted molar refractivity (Wildman–Crippen MR) is 122 cm³/mol. The van der Waals surface area contributed by atoms with Gasteiger partial charge in [0.15, 0.2) is 0 Å². The number of unbranched alkanes of at least 4 members (excludes halogenated alkanes) is 1. The maximum absolute atomic E-state index is 14.0. The highest BCUT2D eigenvalue weighted by molar-refractivity contribution is 9.09. The molecule has 0 aromatic rings. The number of aliphatic hydroxyl groups is 1. The van der Waals surface area contributed by atoms with E-state index in [0.29, 0.717) is 25.9 Å². The first-order chi connectivity index (χ1) is 15.1. The van der Waals surface area contributed by atoms with Gasteiger partial charge in [-0.05, 0) is 25.2 Å². The fraction of sp³-hybridized carbons (Fsp3) is 0.783. The molecule has 2 bridgehead atoms. The molecule has 3 saturated heterocycles. The van der Waals surface area contributed by atoms with Gasteiger partial charge in [0.2, 0.25) is 11.8 Å². The van der Waals surface area contributed by atoms with Crippen LogP contribution in [-0.4, -0.2) is 86.1 Å². The molecule has 0 aromatic carbocycles. The normalized spacial score (nSPS) is 34.1. The van der Waals surface area contributed by atoms with Crippen LogP contribution in [0.4, 0.5) is 0 Å². The molecule has 7 atom stereocenters. The number of fused-ring (bicyclic) bond motifs is 1. The van der Waals surface area contributed by atoms with Crippen molar-refractivity contribution < 1.29 is 29.3 Å². The first kappa shape index (κ1) is 25.2. The Hall–Kier alpha value is -1.45. The van der Waals surface area contributed by atoms with Gasteiger partial charge in [-0.3, -0.25) is 14.4 Å². The Labute approximate surface area is 198 Å². The lowest BCUT2D eigenvalue weighted by atomic mass is 9.70. The summed E-state index contributed by atoms with van der Waals surface area (Å²) < 4.78 is 6.29. The maximum atomic E-state index is 14.0. The van der Waals surface area contributed by atoms with Crippen LogP contribution in [0.1, 0.15) is 46.5 Å². The number of rotatable bonds is 11. The number of aliphatic carboxylic acids is 1. The largest absolute Gasteiger partial charge is 0.481 e. The fourth-order valence-electron chi connectivity index (χ4n) is 5.81. The quantitative estimate of drug-likeness (QED) is 0.322. The second-order valence-corrected chi connectivity index (χ2v) is 10.8. The van der Waals surface area contributed by atoms with Crippen LogP contribution in [0.5, 0.6) is 0 Å². The summed E-state index contributed by atoms with van der Waals surface area (Å²) in [4.78, 5) is 42.8. The lowest BCUT2D eigenvalue weighted by Crippen LogP contribution is -2.59. The molecule has 32 heavy (non-hydrogen) atoms. The third kappa shape index (κ3) is 4.01. The average Bonchev–Trinajstić information content (AvgIpc) is 3.32. The van der Waals surface area contributed by atoms with Crippen molar-refractivity contribution in [2.45, 2.75) is 75.1 Å². The molecule has 3 heterocycles. The Morgan fingerprint density at radius 2 is 2.12 bits per heavy atom. The number of ether oxygens (including phenoxy) is 1. The van der Waals surface area contributed by atoms with Crippen LogP contribution in [0.15, 0.2) is 12.7 Å². The fourth-order valence-corrected chi connectivity index (χ4v) is 6.75. The van der Waals surface area contributed by atoms with Crippen molar-refractivity contribution in [3.63, 3.8) is 0 Å². The number of carboxylic acid groups (broad SMARTS) is 1. The highest BCUT2D eigenvalue weighted by atomic mass is 79.9. The summed E-state index contributed by atoms with van der Waals surface area (Å²) in [7, 11) is 0. The summed E-state index contributed by atoms with van der Waals surface area (Å²) in [5.74, 6) is -3.54. The van der Waals surface area contributed by atoms with Gasteiger partial charge >= 0.3 is 5.97 Å². The van der Waals surface area contributed by atoms with Crippen molar-refractivity contribution in [1.29, 1.82) is 0 Å². The van der Waals surface area contributed by atoms with Gasteiger partial charge in [-0.25, -0.2) is 0 Å². The molecule has 8 nitrogen and oxygen atoms in total. The van der Waals surface area contributed by atoms with E-state index in [1.807, 2.05) is 20.8 Å². The van der Waals surface area contributed by atoms with Crippen molar-refractivity contribution in [3.8, 4) is 0 Å². The van der Waals surface area contributed by atoms with Crippen molar-refractivity contribution in [2.24, 2.45) is 17.8 Å². The lowest BCUT2D eigenvalue weighted by Gasteiger charge is -2.39. The van der Waals surface area contributed by atoms with Crippen LogP contribution in [0, 0.1) is 17.8 Å². The molecule has 3 aliphatic rings. The highest BCUT2D eigenvalue weighted by Gasteiger charge is 2.77. The zero-order chi connectivity index (χ0) is 23.8. The summed E-state index contributed by atoms with van der Waals surface area (Å²) >= 11 is 3.55. The molecule has 9 heteroatoms. The van der Waals surface area contributed by atoms with Crippen LogP contribution >= 0.6 is 15.9 Å². The monoisotopic (exact) mass is 514 g/mol. The van der Waals surface area contributed by atoms with Crippen molar-refractivity contribution in [1.82, 2.24) is 9.80 Å². The number of aliphatic hydroxyl groups excluding tert-OH is 1. The van der Waals surface area contributed by atoms with Crippen LogP contribution in [-0.2, 0) is 19.1 Å². The molecule has 180 valence electrons. The smallest absolute Gasteiger partial charge is 0.310 e. The van der Waals surface area contributed by atoms with Gasteiger partial charge < -0.3 is 24.7 Å². The number of halogens is 1. The number of hydrogen-bond acceptors (Lipinski definition) is 5. The number of carbonyl (C=O) groups excluding carboxylic acids is 2. The summed E-state index contributed by atoms with van der Waals surface area (Å²) in [5, 5.41) is 20.1. The van der Waals surface area contributed by atoms with Gasteiger partial charge in [-0.2, -0.15) is 0 Å². The maximum Gasteiger partial charge on any atom is 0.310 e. The standard InChI is InChI=1S/C23H35BrN2O6/c1-5-7-9-25(8-6-2)21(29)19-23-11-15(24)18(32-23)16(22(30)31)17(23)20(28)26(19)14(12-27)10-13(3)4/h6,13-19,27H,2,5,7-12H2,1,3-4H3,(H,30,31)/t14-,15?,16-,17+,18-,19?,23?/m1/s1. The number of hydrogen-bond donors (Lipinski definition) is 2. The van der Waals surface area contributed by atoms with E-state index in [1.54, 1.807) is 11.0 Å². The average molecular weight is 515 g/mol. The zero-order valence-electron chi connectivity index (χ0n) is 19.1. The first-order valence-electron chi connectivity index (χ1n) is 11.5. The molecule has 0 aliphatic carbocycles. The minimum atomic E-state index is -1.22. The predicted octanol–water partition coefficient (Wildman–Crippen LogP) is 2.04. The minimum absolute atomic E-state index is 0.175. The Kier molecular flexibility index (Phi) is 7.72. The first-order valence-corrected chi connectivity index (χ1v) is 12.4. The van der Waals surface area contributed by atoms with Crippen molar-refractivity contribution >= 4 is 33.7 Å². The third-order valence-electron chi connectivity index (χ3n) is 7.04. The number of carboxylic acids is 1. The molecule has 2 N–H and O–H groups in total. The van der Waals surface area contributed by atoms with E-state index in [1.165, 1.54) is 4.90 Å². The molecule has 2 amide bonds. The molecule has 0 saturated carbocycles. The summed E-state index contributed by atoms with van der Waals surface area (Å²) in [6, 6.07) is -1.55. The summed E-state index contributed by atoms with van der Waals surface area (Å²) in [6.07, 6.45) is 3.57. The molecule has 3 rings (SSSR count). The number of nitrogens with zero attached hydrogens (tertiary/aromatic N) is 2. The lowest BCUT2D eigenvalue weighted by molar-refractivity contribution is -0.153. The van der Waals surface area contributed by atoms with Crippen LogP contribution in [0.2, 0.25) is 0 Å². The molecule has 0 radical (unpaired) electrons. The SMILES string of the molecule is C=CCN(CCCC)C(=O)C1N([C@@H](CO)CC(C)C)C(=O)[C@@H]2[C@@H](C(=O)O)[C@@H]3OC12CC3Br. The topological polar surface area (TPSA) is 107 Å². The Balaban J connectivity index is 2.10. The Bertz CT molecular complexity index is 761. The molecular formula is C23H35BrN2O6. The van der Waals surface area contributed by atoms with Gasteiger partial charge in [0.05, 0.1) is 30.6 Å². The van der Waals surface area contributed by atoms with Crippen LogP contribution in [0.3, 0.4) is 0 Å². The highest BCUT2D eigenvalue weighted by Crippen LogP contribution is 2.60. The van der Waals surface area contributed by atoms with Crippen molar-refractivity contribution in [3.05, 3.63) is 12.7 Å². The Morgan fingerprint density at radius 1 is 1.44 bits per heavy atom. The second kappa shape index (κ2) is 9.81.